The lowest BCUT2D eigenvalue weighted by Gasteiger charge is -2.43. The van der Waals surface area contributed by atoms with E-state index in [1.807, 2.05) is 24.1 Å². The molecule has 1 unspecified atom stereocenters. The van der Waals surface area contributed by atoms with Crippen molar-refractivity contribution in [1.82, 2.24) is 14.7 Å². The summed E-state index contributed by atoms with van der Waals surface area (Å²) >= 11 is 0. The zero-order chi connectivity index (χ0) is 12.5. The lowest BCUT2D eigenvalue weighted by atomic mass is 9.86. The van der Waals surface area contributed by atoms with E-state index in [0.29, 0.717) is 19.3 Å². The van der Waals surface area contributed by atoms with Crippen LogP contribution in [0.25, 0.3) is 0 Å². The minimum Gasteiger partial charge on any atom is -0.396 e. The molecule has 0 radical (unpaired) electrons. The summed E-state index contributed by atoms with van der Waals surface area (Å²) in [6.07, 6.45) is 3.92. The highest BCUT2D eigenvalue weighted by Gasteiger charge is 2.39. The van der Waals surface area contributed by atoms with Crippen molar-refractivity contribution in [2.24, 2.45) is 12.5 Å². The van der Waals surface area contributed by atoms with Gasteiger partial charge in [-0.1, -0.05) is 0 Å². The quantitative estimate of drug-likeness (QED) is 0.809. The molecule has 0 amide bonds. The lowest BCUT2D eigenvalue weighted by molar-refractivity contribution is -0.149. The third kappa shape index (κ3) is 2.51. The number of ether oxygens (including phenoxy) is 1. The van der Waals surface area contributed by atoms with Crippen molar-refractivity contribution in [2.75, 3.05) is 33.4 Å². The zero-order valence-corrected chi connectivity index (χ0v) is 10.8. The first kappa shape index (κ1) is 12.5. The van der Waals surface area contributed by atoms with Gasteiger partial charge >= 0.3 is 0 Å². The maximum Gasteiger partial charge on any atom is 0.0579 e. The average molecular weight is 239 g/mol. The third-order valence-corrected chi connectivity index (χ3v) is 3.61. The molecule has 0 bridgehead atoms. The smallest absolute Gasteiger partial charge is 0.0579 e. The summed E-state index contributed by atoms with van der Waals surface area (Å²) in [7, 11) is 4.00. The number of rotatable bonds is 5. The SMILES string of the molecule is CC(c1cnn(C)c1)N(C)CC1(CO)COC1. The number of hydrogen-bond acceptors (Lipinski definition) is 4. The largest absolute Gasteiger partial charge is 0.396 e. The minimum absolute atomic E-state index is 0.0643. The molecule has 96 valence electrons. The van der Waals surface area contributed by atoms with Gasteiger partial charge in [-0.25, -0.2) is 0 Å². The molecule has 1 saturated heterocycles. The van der Waals surface area contributed by atoms with Crippen molar-refractivity contribution in [3.05, 3.63) is 18.0 Å². The van der Waals surface area contributed by atoms with Gasteiger partial charge in [0.1, 0.15) is 0 Å². The second-order valence-corrected chi connectivity index (χ2v) is 5.19. The first-order chi connectivity index (χ1) is 8.06. The van der Waals surface area contributed by atoms with E-state index in [4.69, 9.17) is 4.74 Å². The predicted octanol–water partition coefficient (Wildman–Crippen LogP) is 0.422. The molecule has 1 atom stereocenters. The number of aliphatic hydroxyl groups is 1. The molecule has 1 fully saturated rings. The van der Waals surface area contributed by atoms with Crippen LogP contribution in [0.15, 0.2) is 12.4 Å². The van der Waals surface area contributed by atoms with Gasteiger partial charge in [0.2, 0.25) is 0 Å². The number of hydrogen-bond donors (Lipinski definition) is 1. The van der Waals surface area contributed by atoms with Crippen LogP contribution in [0, 0.1) is 5.41 Å². The molecule has 0 aromatic carbocycles. The highest BCUT2D eigenvalue weighted by molar-refractivity contribution is 5.09. The Hall–Kier alpha value is -0.910. The minimum atomic E-state index is -0.0643. The molecule has 1 N–H and O–H groups in total. The molecule has 1 aliphatic rings. The van der Waals surface area contributed by atoms with Crippen LogP contribution in [0.1, 0.15) is 18.5 Å². The summed E-state index contributed by atoms with van der Waals surface area (Å²) in [6.45, 7) is 4.51. The Morgan fingerprint density at radius 1 is 1.65 bits per heavy atom. The zero-order valence-electron chi connectivity index (χ0n) is 10.8. The summed E-state index contributed by atoms with van der Waals surface area (Å²) in [5, 5.41) is 13.6. The third-order valence-electron chi connectivity index (χ3n) is 3.61. The molecule has 17 heavy (non-hydrogen) atoms. The normalized spacial score (nSPS) is 20.3. The summed E-state index contributed by atoms with van der Waals surface area (Å²) in [4.78, 5) is 2.25. The van der Waals surface area contributed by atoms with Gasteiger partial charge in [-0.2, -0.15) is 5.10 Å². The van der Waals surface area contributed by atoms with Crippen LogP contribution in [0.4, 0.5) is 0 Å². The Bertz CT molecular complexity index is 368. The topological polar surface area (TPSA) is 50.5 Å². The van der Waals surface area contributed by atoms with E-state index in [-0.39, 0.29) is 12.0 Å². The van der Waals surface area contributed by atoms with Gasteiger partial charge in [0, 0.05) is 31.4 Å². The molecule has 1 aromatic rings. The Morgan fingerprint density at radius 2 is 2.35 bits per heavy atom. The molecule has 0 spiro atoms. The van der Waals surface area contributed by atoms with E-state index in [2.05, 4.69) is 24.0 Å². The van der Waals surface area contributed by atoms with Crippen LogP contribution in [0.3, 0.4) is 0 Å². The molecule has 5 heteroatoms. The highest BCUT2D eigenvalue weighted by Crippen LogP contribution is 2.30. The van der Waals surface area contributed by atoms with Gasteiger partial charge in [-0.05, 0) is 14.0 Å². The van der Waals surface area contributed by atoms with Crippen molar-refractivity contribution in [1.29, 1.82) is 0 Å². The van der Waals surface area contributed by atoms with Crippen LogP contribution in [0.5, 0.6) is 0 Å². The van der Waals surface area contributed by atoms with Gasteiger partial charge in [-0.3, -0.25) is 9.58 Å². The molecule has 2 heterocycles. The molecule has 1 aliphatic heterocycles. The van der Waals surface area contributed by atoms with Crippen LogP contribution >= 0.6 is 0 Å². The molecule has 0 saturated carbocycles. The molecule has 0 aliphatic carbocycles. The predicted molar refractivity (Wildman–Crippen MR) is 64.6 cm³/mol. The lowest BCUT2D eigenvalue weighted by Crippen LogP contribution is -2.52. The van der Waals surface area contributed by atoms with Gasteiger partial charge < -0.3 is 9.84 Å². The first-order valence-electron chi connectivity index (χ1n) is 5.94. The van der Waals surface area contributed by atoms with Crippen LogP contribution in [-0.4, -0.2) is 53.2 Å². The van der Waals surface area contributed by atoms with E-state index in [1.165, 1.54) is 5.56 Å². The van der Waals surface area contributed by atoms with Crippen LogP contribution in [-0.2, 0) is 11.8 Å². The highest BCUT2D eigenvalue weighted by atomic mass is 16.5. The maximum absolute atomic E-state index is 9.42. The fourth-order valence-corrected chi connectivity index (χ4v) is 2.20. The number of aromatic nitrogens is 2. The van der Waals surface area contributed by atoms with E-state index in [0.717, 1.165) is 6.54 Å². The van der Waals surface area contributed by atoms with Crippen molar-refractivity contribution in [2.45, 2.75) is 13.0 Å². The van der Waals surface area contributed by atoms with Gasteiger partial charge in [0.05, 0.1) is 31.4 Å². The summed E-state index contributed by atoms with van der Waals surface area (Å²) in [6, 6.07) is 0.299. The average Bonchev–Trinajstić information content (AvgIpc) is 2.69. The van der Waals surface area contributed by atoms with E-state index in [9.17, 15) is 5.11 Å². The Labute approximate surface area is 102 Å². The standard InChI is InChI=1S/C12H21N3O2/c1-10(11-4-13-15(3)5-11)14(2)6-12(7-16)8-17-9-12/h4-5,10,16H,6-9H2,1-3H3. The molecule has 1 aromatic heterocycles. The van der Waals surface area contributed by atoms with Crippen molar-refractivity contribution in [3.63, 3.8) is 0 Å². The van der Waals surface area contributed by atoms with E-state index < -0.39 is 0 Å². The fourth-order valence-electron chi connectivity index (χ4n) is 2.20. The van der Waals surface area contributed by atoms with Gasteiger partial charge in [-0.15, -0.1) is 0 Å². The van der Waals surface area contributed by atoms with Crippen molar-refractivity contribution in [3.8, 4) is 0 Å². The molecule has 5 nitrogen and oxygen atoms in total. The van der Waals surface area contributed by atoms with Gasteiger partial charge in [0.15, 0.2) is 0 Å². The summed E-state index contributed by atoms with van der Waals surface area (Å²) < 4.78 is 7.03. The van der Waals surface area contributed by atoms with Crippen molar-refractivity contribution >= 4 is 0 Å². The van der Waals surface area contributed by atoms with Crippen LogP contribution in [0.2, 0.25) is 0 Å². The van der Waals surface area contributed by atoms with Gasteiger partial charge in [0.25, 0.3) is 0 Å². The second-order valence-electron chi connectivity index (χ2n) is 5.19. The summed E-state index contributed by atoms with van der Waals surface area (Å²) in [5.74, 6) is 0. The Balaban J connectivity index is 1.97. The second kappa shape index (κ2) is 4.76. The first-order valence-corrected chi connectivity index (χ1v) is 5.94. The Morgan fingerprint density at radius 3 is 2.76 bits per heavy atom. The number of nitrogens with zero attached hydrogens (tertiary/aromatic N) is 3. The number of aliphatic hydroxyl groups excluding tert-OH is 1. The molecular formula is C12H21N3O2. The Kier molecular flexibility index (Phi) is 3.51. The van der Waals surface area contributed by atoms with Crippen LogP contribution < -0.4 is 0 Å². The number of aryl methyl sites for hydroxylation is 1. The summed E-state index contributed by atoms with van der Waals surface area (Å²) in [5.41, 5.74) is 1.13. The monoisotopic (exact) mass is 239 g/mol. The molecule has 2 rings (SSSR count). The maximum atomic E-state index is 9.42. The van der Waals surface area contributed by atoms with Crippen molar-refractivity contribution < 1.29 is 9.84 Å². The fraction of sp³-hybridized carbons (Fsp3) is 0.750. The van der Waals surface area contributed by atoms with E-state index >= 15 is 0 Å². The van der Waals surface area contributed by atoms with E-state index in [1.54, 1.807) is 0 Å². The molecular weight excluding hydrogens is 218 g/mol.